The van der Waals surface area contributed by atoms with E-state index in [1.807, 2.05) is 19.9 Å². The fraction of sp³-hybridized carbons (Fsp3) is 0.550. The predicted octanol–water partition coefficient (Wildman–Crippen LogP) is 2.59. The van der Waals surface area contributed by atoms with E-state index in [2.05, 4.69) is 30.3 Å². The molecule has 0 saturated carbocycles. The summed E-state index contributed by atoms with van der Waals surface area (Å²) in [6, 6.07) is 1.97. The van der Waals surface area contributed by atoms with Crippen LogP contribution in [0.25, 0.3) is 11.0 Å². The molecule has 2 saturated heterocycles. The van der Waals surface area contributed by atoms with Crippen LogP contribution >= 0.6 is 0 Å². The average molecular weight is 415 g/mol. The molecule has 2 atom stereocenters. The van der Waals surface area contributed by atoms with E-state index in [1.54, 1.807) is 17.1 Å². The fourth-order valence-electron chi connectivity index (χ4n) is 4.17. The van der Waals surface area contributed by atoms with Crippen LogP contribution in [0.15, 0.2) is 18.5 Å². The number of nitrogens with zero attached hydrogens (tertiary/aromatic N) is 5. The molecule has 2 N–H and O–H groups in total. The highest BCUT2D eigenvalue weighted by Crippen LogP contribution is 2.31. The molecule has 2 aliphatic rings. The van der Waals surface area contributed by atoms with Crippen molar-refractivity contribution in [3.05, 3.63) is 24.2 Å². The van der Waals surface area contributed by atoms with E-state index < -0.39 is 6.17 Å². The Morgan fingerprint density at radius 1 is 1.37 bits per heavy atom. The highest BCUT2D eigenvalue weighted by atomic mass is 19.1. The molecule has 0 unspecified atom stereocenters. The number of H-pyrrole nitrogens is 1. The number of aromatic amines is 1. The van der Waals surface area contributed by atoms with Crippen LogP contribution in [0.1, 0.15) is 25.1 Å². The zero-order valence-electron chi connectivity index (χ0n) is 17.1. The largest absolute Gasteiger partial charge is 0.477 e. The predicted molar refractivity (Wildman–Crippen MR) is 110 cm³/mol. The summed E-state index contributed by atoms with van der Waals surface area (Å²) in [5.74, 6) is 0.931. The van der Waals surface area contributed by atoms with Crippen molar-refractivity contribution in [1.29, 1.82) is 0 Å². The summed E-state index contributed by atoms with van der Waals surface area (Å²) in [5.41, 5.74) is 2.30. The Balaban J connectivity index is 1.34. The summed E-state index contributed by atoms with van der Waals surface area (Å²) in [6.07, 6.45) is 3.26. The number of rotatable bonds is 6. The van der Waals surface area contributed by atoms with Gasteiger partial charge in [0, 0.05) is 19.3 Å². The first-order chi connectivity index (χ1) is 14.6. The molecule has 9 nitrogen and oxygen atoms in total. The van der Waals surface area contributed by atoms with Gasteiger partial charge in [0.15, 0.2) is 0 Å². The molecule has 5 heterocycles. The molecule has 0 spiro atoms. The lowest BCUT2D eigenvalue weighted by Gasteiger charge is -2.42. The van der Waals surface area contributed by atoms with Crippen LogP contribution in [0.2, 0.25) is 0 Å². The Kier molecular flexibility index (Phi) is 5.03. The minimum atomic E-state index is -0.970. The SMILES string of the molecule is CCOc1nc(Nc2cnn([C@@H]3CCN(C4COC4)C[C@@H]3F)c2C)nc2[nH]ccc12. The number of likely N-dealkylation sites (tertiary alicyclic amines) is 1. The van der Waals surface area contributed by atoms with Crippen molar-refractivity contribution in [2.75, 3.05) is 38.2 Å². The highest BCUT2D eigenvalue weighted by Gasteiger charge is 2.37. The van der Waals surface area contributed by atoms with Crippen molar-refractivity contribution < 1.29 is 13.9 Å². The Hall–Kier alpha value is -2.72. The maximum Gasteiger partial charge on any atom is 0.232 e. The minimum Gasteiger partial charge on any atom is -0.477 e. The van der Waals surface area contributed by atoms with E-state index in [1.165, 1.54) is 0 Å². The van der Waals surface area contributed by atoms with E-state index in [-0.39, 0.29) is 6.04 Å². The van der Waals surface area contributed by atoms with Gasteiger partial charge in [-0.2, -0.15) is 15.1 Å². The normalized spacial score (nSPS) is 22.9. The summed E-state index contributed by atoms with van der Waals surface area (Å²) in [5, 5.41) is 8.53. The molecule has 3 aromatic rings. The van der Waals surface area contributed by atoms with Gasteiger partial charge in [-0.25, -0.2) is 4.39 Å². The van der Waals surface area contributed by atoms with E-state index >= 15 is 0 Å². The molecule has 0 radical (unpaired) electrons. The van der Waals surface area contributed by atoms with Gasteiger partial charge in [0.05, 0.1) is 54.9 Å². The quantitative estimate of drug-likeness (QED) is 0.639. The first-order valence-corrected chi connectivity index (χ1v) is 10.4. The van der Waals surface area contributed by atoms with Gasteiger partial charge in [0.1, 0.15) is 11.8 Å². The summed E-state index contributed by atoms with van der Waals surface area (Å²) in [4.78, 5) is 14.3. The third-order valence-electron chi connectivity index (χ3n) is 5.94. The van der Waals surface area contributed by atoms with Gasteiger partial charge in [-0.3, -0.25) is 9.58 Å². The van der Waals surface area contributed by atoms with Gasteiger partial charge in [0.2, 0.25) is 11.8 Å². The molecular formula is C20H26FN7O2. The Labute approximate surface area is 173 Å². The molecule has 5 rings (SSSR count). The van der Waals surface area contributed by atoms with E-state index in [4.69, 9.17) is 9.47 Å². The minimum absolute atomic E-state index is 0.274. The Bertz CT molecular complexity index is 1030. The van der Waals surface area contributed by atoms with Crippen LogP contribution in [-0.4, -0.2) is 74.8 Å². The summed E-state index contributed by atoms with van der Waals surface area (Å²) >= 11 is 0. The second kappa shape index (κ2) is 7.84. The summed E-state index contributed by atoms with van der Waals surface area (Å²) < 4.78 is 27.7. The van der Waals surface area contributed by atoms with Crippen LogP contribution in [0.5, 0.6) is 5.88 Å². The van der Waals surface area contributed by atoms with Crippen LogP contribution in [0.3, 0.4) is 0 Å². The lowest BCUT2D eigenvalue weighted by molar-refractivity contribution is -0.0848. The Morgan fingerprint density at radius 3 is 2.97 bits per heavy atom. The van der Waals surface area contributed by atoms with Gasteiger partial charge in [0.25, 0.3) is 0 Å². The molecule has 2 aliphatic heterocycles. The second-order valence-electron chi connectivity index (χ2n) is 7.80. The third-order valence-corrected chi connectivity index (χ3v) is 5.94. The zero-order chi connectivity index (χ0) is 20.7. The summed E-state index contributed by atoms with van der Waals surface area (Å²) in [7, 11) is 0. The smallest absolute Gasteiger partial charge is 0.232 e. The average Bonchev–Trinajstić information content (AvgIpc) is 3.29. The molecule has 160 valence electrons. The van der Waals surface area contributed by atoms with Gasteiger partial charge >= 0.3 is 0 Å². The zero-order valence-corrected chi connectivity index (χ0v) is 17.1. The van der Waals surface area contributed by atoms with Gasteiger partial charge in [-0.05, 0) is 26.3 Å². The van der Waals surface area contributed by atoms with Crippen molar-refractivity contribution in [1.82, 2.24) is 29.6 Å². The van der Waals surface area contributed by atoms with Crippen molar-refractivity contribution >= 4 is 22.7 Å². The third kappa shape index (κ3) is 3.39. The maximum absolute atomic E-state index is 15.0. The van der Waals surface area contributed by atoms with E-state index in [0.717, 1.165) is 29.7 Å². The van der Waals surface area contributed by atoms with Crippen molar-refractivity contribution in [2.45, 2.75) is 38.5 Å². The first kappa shape index (κ1) is 19.3. The molecule has 2 fully saturated rings. The fourth-order valence-corrected chi connectivity index (χ4v) is 4.17. The molecule has 0 aliphatic carbocycles. The number of nitrogens with one attached hydrogen (secondary N) is 2. The van der Waals surface area contributed by atoms with Gasteiger partial charge in [-0.1, -0.05) is 0 Å². The van der Waals surface area contributed by atoms with Crippen LogP contribution in [-0.2, 0) is 4.74 Å². The maximum atomic E-state index is 15.0. The number of alkyl halides is 1. The lowest BCUT2D eigenvalue weighted by Crippen LogP contribution is -2.55. The van der Waals surface area contributed by atoms with Gasteiger partial charge in [-0.15, -0.1) is 0 Å². The van der Waals surface area contributed by atoms with Crippen molar-refractivity contribution in [2.24, 2.45) is 0 Å². The number of fused-ring (bicyclic) bond motifs is 1. The van der Waals surface area contributed by atoms with Crippen LogP contribution in [0, 0.1) is 6.92 Å². The highest BCUT2D eigenvalue weighted by molar-refractivity contribution is 5.82. The number of halogens is 1. The monoisotopic (exact) mass is 415 g/mol. The molecule has 30 heavy (non-hydrogen) atoms. The number of ether oxygens (including phenoxy) is 2. The molecule has 3 aromatic heterocycles. The molecule has 0 aromatic carbocycles. The topological polar surface area (TPSA) is 93.1 Å². The van der Waals surface area contributed by atoms with Crippen LogP contribution in [0.4, 0.5) is 16.0 Å². The summed E-state index contributed by atoms with van der Waals surface area (Å²) in [6.45, 7) is 7.06. The number of anilines is 2. The number of hydrogen-bond acceptors (Lipinski definition) is 7. The molecule has 0 amide bonds. The standard InChI is InChI=1S/C20H26FN7O2/c1-3-30-19-14-4-6-22-18(14)25-20(26-19)24-16-8-23-28(12(16)2)17-5-7-27(9-15(17)21)13-10-29-11-13/h4,6,8,13,15,17H,3,5,7,9-11H2,1-2H3,(H2,22,24,25,26)/t15-,17+/m0/s1. The molecule has 10 heteroatoms. The van der Waals surface area contributed by atoms with Crippen molar-refractivity contribution in [3.63, 3.8) is 0 Å². The molecular weight excluding hydrogens is 389 g/mol. The molecule has 0 bridgehead atoms. The van der Waals surface area contributed by atoms with E-state index in [9.17, 15) is 4.39 Å². The van der Waals surface area contributed by atoms with E-state index in [0.29, 0.717) is 49.9 Å². The van der Waals surface area contributed by atoms with Crippen LogP contribution < -0.4 is 10.1 Å². The second-order valence-corrected chi connectivity index (χ2v) is 7.80. The lowest BCUT2D eigenvalue weighted by atomic mass is 10.0. The first-order valence-electron chi connectivity index (χ1n) is 10.4. The van der Waals surface area contributed by atoms with Crippen molar-refractivity contribution in [3.8, 4) is 5.88 Å². The Morgan fingerprint density at radius 2 is 2.23 bits per heavy atom. The van der Waals surface area contributed by atoms with Gasteiger partial charge < -0.3 is 19.8 Å². The number of piperidine rings is 1. The number of hydrogen-bond donors (Lipinski definition) is 2. The number of aromatic nitrogens is 5.